The lowest BCUT2D eigenvalue weighted by molar-refractivity contribution is -0.253. The smallest absolute Gasteiger partial charge is 0.236 e. The molecule has 1 heterocycles. The topological polar surface area (TPSA) is 59.6 Å². The van der Waals surface area contributed by atoms with E-state index in [9.17, 15) is 4.79 Å². The summed E-state index contributed by atoms with van der Waals surface area (Å²) in [6, 6.07) is -0.149. The predicted molar refractivity (Wildman–Crippen MR) is 61.1 cm³/mol. The molecule has 1 rings (SSSR count). The molecule has 1 atom stereocenters. The van der Waals surface area contributed by atoms with Crippen LogP contribution in [0.5, 0.6) is 0 Å². The Bertz CT molecular complexity index is 233. The van der Waals surface area contributed by atoms with E-state index in [-0.39, 0.29) is 18.0 Å². The van der Waals surface area contributed by atoms with Crippen LogP contribution in [0.4, 0.5) is 0 Å². The first-order valence-corrected chi connectivity index (χ1v) is 5.76. The van der Waals surface area contributed by atoms with Crippen molar-refractivity contribution in [1.82, 2.24) is 10.6 Å². The maximum atomic E-state index is 11.5. The lowest BCUT2D eigenvalue weighted by Gasteiger charge is -2.36. The zero-order valence-electron chi connectivity index (χ0n) is 10.5. The van der Waals surface area contributed by atoms with Crippen molar-refractivity contribution in [3.05, 3.63) is 0 Å². The second kappa shape index (κ2) is 5.61. The highest BCUT2D eigenvalue weighted by Gasteiger charge is 2.29. The van der Waals surface area contributed by atoms with Crippen LogP contribution in [0, 0.1) is 0 Å². The normalized spacial score (nSPS) is 22.8. The first-order valence-electron chi connectivity index (χ1n) is 5.76. The van der Waals surface area contributed by atoms with E-state index in [1.54, 1.807) is 0 Å². The third-order valence-corrected chi connectivity index (χ3v) is 2.49. The van der Waals surface area contributed by atoms with E-state index in [2.05, 4.69) is 10.6 Å². The average Bonchev–Trinajstić information content (AvgIpc) is 2.21. The molecule has 0 aliphatic carbocycles. The van der Waals surface area contributed by atoms with Crippen molar-refractivity contribution in [2.75, 3.05) is 19.8 Å². The van der Waals surface area contributed by atoms with Gasteiger partial charge in [0.1, 0.15) is 0 Å². The van der Waals surface area contributed by atoms with Crippen LogP contribution >= 0.6 is 0 Å². The van der Waals surface area contributed by atoms with Crippen molar-refractivity contribution in [2.24, 2.45) is 0 Å². The van der Waals surface area contributed by atoms with Gasteiger partial charge in [-0.3, -0.25) is 10.1 Å². The van der Waals surface area contributed by atoms with Gasteiger partial charge in [0, 0.05) is 6.54 Å². The van der Waals surface area contributed by atoms with Gasteiger partial charge < -0.3 is 14.8 Å². The third-order valence-electron chi connectivity index (χ3n) is 2.49. The molecule has 0 aromatic rings. The van der Waals surface area contributed by atoms with Gasteiger partial charge in [0.25, 0.3) is 0 Å². The summed E-state index contributed by atoms with van der Waals surface area (Å²) in [5.41, 5.74) is 0. The molecule has 1 unspecified atom stereocenters. The Labute approximate surface area is 96.9 Å². The largest absolute Gasteiger partial charge is 0.355 e. The Kier molecular flexibility index (Phi) is 4.70. The molecule has 5 heteroatoms. The number of amides is 1. The third kappa shape index (κ3) is 4.08. The predicted octanol–water partition coefficient (Wildman–Crippen LogP) is 0.252. The highest BCUT2D eigenvalue weighted by Crippen LogP contribution is 2.16. The number of likely N-dealkylation sites (N-methyl/N-ethyl adjacent to an activating group) is 1. The Morgan fingerprint density at radius 1 is 1.44 bits per heavy atom. The first kappa shape index (κ1) is 13.4. The average molecular weight is 230 g/mol. The molecule has 0 aromatic heterocycles. The van der Waals surface area contributed by atoms with E-state index in [0.29, 0.717) is 19.8 Å². The molecular formula is C11H22N2O3. The molecule has 0 spiro atoms. The fraction of sp³-hybridized carbons (Fsp3) is 0.909. The summed E-state index contributed by atoms with van der Waals surface area (Å²) in [6.07, 6.45) is 0. The van der Waals surface area contributed by atoms with Crippen molar-refractivity contribution in [3.8, 4) is 0 Å². The summed E-state index contributed by atoms with van der Waals surface area (Å²) in [5, 5.41) is 5.95. The van der Waals surface area contributed by atoms with Gasteiger partial charge in [-0.15, -0.1) is 0 Å². The van der Waals surface area contributed by atoms with Crippen molar-refractivity contribution >= 4 is 5.91 Å². The first-order chi connectivity index (χ1) is 7.44. The number of carbonyl (C=O) groups is 1. The van der Waals surface area contributed by atoms with Crippen molar-refractivity contribution in [2.45, 2.75) is 45.6 Å². The summed E-state index contributed by atoms with van der Waals surface area (Å²) in [6.45, 7) is 9.29. The molecule has 5 nitrogen and oxygen atoms in total. The van der Waals surface area contributed by atoms with Gasteiger partial charge >= 0.3 is 0 Å². The van der Waals surface area contributed by atoms with Crippen molar-refractivity contribution in [1.29, 1.82) is 0 Å². The molecule has 16 heavy (non-hydrogen) atoms. The molecule has 1 aliphatic rings. The number of nitrogens with one attached hydrogen (secondary N) is 2. The minimum Gasteiger partial charge on any atom is -0.355 e. The molecule has 2 N–H and O–H groups in total. The number of hydrogen-bond acceptors (Lipinski definition) is 4. The van der Waals surface area contributed by atoms with Crippen LogP contribution in [0.1, 0.15) is 27.7 Å². The van der Waals surface area contributed by atoms with Gasteiger partial charge in [0.2, 0.25) is 5.91 Å². The fourth-order valence-electron chi connectivity index (χ4n) is 1.55. The van der Waals surface area contributed by atoms with E-state index in [1.807, 2.05) is 27.7 Å². The van der Waals surface area contributed by atoms with Crippen LogP contribution in [-0.4, -0.2) is 43.5 Å². The Morgan fingerprint density at radius 3 is 2.50 bits per heavy atom. The van der Waals surface area contributed by atoms with Crippen LogP contribution in [-0.2, 0) is 14.3 Å². The van der Waals surface area contributed by atoms with Crippen LogP contribution in [0.3, 0.4) is 0 Å². The van der Waals surface area contributed by atoms with Crippen molar-refractivity contribution < 1.29 is 14.3 Å². The van der Waals surface area contributed by atoms with E-state index in [1.165, 1.54) is 0 Å². The summed E-state index contributed by atoms with van der Waals surface area (Å²) in [5.74, 6) is -0.500. The zero-order chi connectivity index (χ0) is 12.2. The Hall–Kier alpha value is -0.650. The minimum absolute atomic E-state index is 0.00679. The molecular weight excluding hydrogens is 208 g/mol. The molecule has 1 saturated heterocycles. The lowest BCUT2D eigenvalue weighted by atomic mass is 10.2. The Morgan fingerprint density at radius 2 is 2.00 bits per heavy atom. The summed E-state index contributed by atoms with van der Waals surface area (Å²) in [4.78, 5) is 11.5. The molecule has 1 fully saturated rings. The van der Waals surface area contributed by atoms with E-state index in [0.717, 1.165) is 0 Å². The number of rotatable bonds is 4. The molecule has 0 saturated carbocycles. The number of ether oxygens (including phenoxy) is 2. The standard InChI is InChI=1S/C11H22N2O3/c1-5-12-10(14)8(2)13-9-6-15-11(3,4)16-7-9/h8-9,13H,5-7H2,1-4H3,(H,12,14). The molecule has 94 valence electrons. The van der Waals surface area contributed by atoms with Gasteiger partial charge in [0.05, 0.1) is 25.3 Å². The highest BCUT2D eigenvalue weighted by atomic mass is 16.7. The monoisotopic (exact) mass is 230 g/mol. The highest BCUT2D eigenvalue weighted by molar-refractivity contribution is 5.81. The lowest BCUT2D eigenvalue weighted by Crippen LogP contribution is -2.54. The van der Waals surface area contributed by atoms with Crippen LogP contribution in [0.25, 0.3) is 0 Å². The number of hydrogen-bond donors (Lipinski definition) is 2. The minimum atomic E-state index is -0.507. The summed E-state index contributed by atoms with van der Waals surface area (Å²) >= 11 is 0. The molecule has 1 amide bonds. The van der Waals surface area contributed by atoms with Crippen LogP contribution < -0.4 is 10.6 Å². The van der Waals surface area contributed by atoms with Gasteiger partial charge in [-0.1, -0.05) is 0 Å². The zero-order valence-corrected chi connectivity index (χ0v) is 10.5. The molecule has 0 radical (unpaired) electrons. The second-order valence-corrected chi connectivity index (χ2v) is 4.50. The van der Waals surface area contributed by atoms with Crippen LogP contribution in [0.2, 0.25) is 0 Å². The Balaban J connectivity index is 2.30. The quantitative estimate of drug-likeness (QED) is 0.727. The fourth-order valence-corrected chi connectivity index (χ4v) is 1.55. The molecule has 0 bridgehead atoms. The van der Waals surface area contributed by atoms with Gasteiger partial charge in [-0.05, 0) is 27.7 Å². The van der Waals surface area contributed by atoms with Crippen LogP contribution in [0.15, 0.2) is 0 Å². The van der Waals surface area contributed by atoms with Gasteiger partial charge in [-0.2, -0.15) is 0 Å². The molecule has 1 aliphatic heterocycles. The van der Waals surface area contributed by atoms with E-state index < -0.39 is 5.79 Å². The van der Waals surface area contributed by atoms with E-state index >= 15 is 0 Å². The van der Waals surface area contributed by atoms with Crippen molar-refractivity contribution in [3.63, 3.8) is 0 Å². The number of carbonyl (C=O) groups excluding carboxylic acids is 1. The maximum Gasteiger partial charge on any atom is 0.236 e. The summed E-state index contributed by atoms with van der Waals surface area (Å²) < 4.78 is 11.0. The maximum absolute atomic E-state index is 11.5. The van der Waals surface area contributed by atoms with E-state index in [4.69, 9.17) is 9.47 Å². The van der Waals surface area contributed by atoms with Gasteiger partial charge in [-0.25, -0.2) is 0 Å². The van der Waals surface area contributed by atoms with Gasteiger partial charge in [0.15, 0.2) is 5.79 Å². The second-order valence-electron chi connectivity index (χ2n) is 4.50. The SMILES string of the molecule is CCNC(=O)C(C)NC1COC(C)(C)OC1. The molecule has 0 aromatic carbocycles. The summed E-state index contributed by atoms with van der Waals surface area (Å²) in [7, 11) is 0.